The minimum absolute atomic E-state index is 0.198. The largest absolute Gasteiger partial charge is 0.381 e. The molecule has 1 aromatic rings. The molecule has 0 unspecified atom stereocenters. The summed E-state index contributed by atoms with van der Waals surface area (Å²) in [5.41, 5.74) is 1.23. The number of halogens is 1. The molecular weight excluding hydrogens is 325 g/mol. The second kappa shape index (κ2) is 9.33. The zero-order chi connectivity index (χ0) is 18.4. The van der Waals surface area contributed by atoms with Crippen LogP contribution in [0.2, 0.25) is 0 Å². The van der Waals surface area contributed by atoms with Crippen LogP contribution < -0.4 is 0 Å². The number of methoxy groups -OCH3 is 1. The number of hydrogen-bond donors (Lipinski definition) is 0. The van der Waals surface area contributed by atoms with Gasteiger partial charge in [0.25, 0.3) is 0 Å². The van der Waals surface area contributed by atoms with Crippen molar-refractivity contribution in [3.8, 4) is 6.07 Å². The zero-order valence-corrected chi connectivity index (χ0v) is 15.8. The van der Waals surface area contributed by atoms with E-state index in [-0.39, 0.29) is 5.82 Å². The van der Waals surface area contributed by atoms with Crippen molar-refractivity contribution in [2.24, 2.45) is 17.8 Å². The summed E-state index contributed by atoms with van der Waals surface area (Å²) < 4.78 is 19.4. The van der Waals surface area contributed by atoms with Gasteiger partial charge in [-0.1, -0.05) is 18.2 Å². The minimum atomic E-state index is -0.198. The van der Waals surface area contributed by atoms with Crippen LogP contribution in [0.4, 0.5) is 4.39 Å². The first kappa shape index (κ1) is 19.1. The standard InChI is InChI=1S/C23H30FNO/c1-26-14-2-3-17-4-7-19(8-5-17)20-9-11-21(12-10-20)22-13-6-18(16-25)15-23(22)24/h2-3,6,13,15,17,19-21H,4-5,7-12,14H2,1H3/b3-2+/t17-,19-,20?,21?. The SMILES string of the molecule is COC/C=C/[C@H]1CC[C@H](C2CCC(c3ccc(C#N)cc3F)CC2)CC1. The smallest absolute Gasteiger partial charge is 0.127 e. The molecule has 1 aromatic carbocycles. The molecule has 140 valence electrons. The molecule has 0 heterocycles. The van der Waals surface area contributed by atoms with Gasteiger partial charge in [-0.15, -0.1) is 0 Å². The monoisotopic (exact) mass is 355 g/mol. The summed E-state index contributed by atoms with van der Waals surface area (Å²) in [7, 11) is 1.74. The van der Waals surface area contributed by atoms with E-state index in [0.29, 0.717) is 11.5 Å². The van der Waals surface area contributed by atoms with E-state index in [2.05, 4.69) is 12.2 Å². The highest BCUT2D eigenvalue weighted by Crippen LogP contribution is 2.44. The second-order valence-electron chi connectivity index (χ2n) is 8.02. The number of allylic oxidation sites excluding steroid dienone is 1. The third-order valence-corrected chi connectivity index (χ3v) is 6.50. The molecule has 0 radical (unpaired) electrons. The van der Waals surface area contributed by atoms with Crippen LogP contribution in [0.25, 0.3) is 0 Å². The molecule has 0 aliphatic heterocycles. The van der Waals surface area contributed by atoms with Crippen LogP contribution in [0.5, 0.6) is 0 Å². The Morgan fingerprint density at radius 3 is 2.31 bits per heavy atom. The number of ether oxygens (including phenoxy) is 1. The molecule has 0 aromatic heterocycles. The van der Waals surface area contributed by atoms with E-state index in [1.54, 1.807) is 13.2 Å². The molecular formula is C23H30FNO. The predicted molar refractivity (Wildman–Crippen MR) is 102 cm³/mol. The van der Waals surface area contributed by atoms with E-state index < -0.39 is 0 Å². The van der Waals surface area contributed by atoms with Crippen molar-refractivity contribution >= 4 is 0 Å². The summed E-state index contributed by atoms with van der Waals surface area (Å²) in [6.45, 7) is 0.718. The highest BCUT2D eigenvalue weighted by Gasteiger charge is 2.31. The summed E-state index contributed by atoms with van der Waals surface area (Å²) >= 11 is 0. The van der Waals surface area contributed by atoms with Crippen molar-refractivity contribution in [3.63, 3.8) is 0 Å². The number of benzene rings is 1. The van der Waals surface area contributed by atoms with Gasteiger partial charge in [0.05, 0.1) is 18.2 Å². The Balaban J connectivity index is 1.48. The van der Waals surface area contributed by atoms with Crippen LogP contribution in [-0.4, -0.2) is 13.7 Å². The molecule has 0 N–H and O–H groups in total. The van der Waals surface area contributed by atoms with Crippen molar-refractivity contribution in [3.05, 3.63) is 47.3 Å². The third-order valence-electron chi connectivity index (χ3n) is 6.50. The van der Waals surface area contributed by atoms with Crippen molar-refractivity contribution in [2.75, 3.05) is 13.7 Å². The van der Waals surface area contributed by atoms with Crippen molar-refractivity contribution in [2.45, 2.75) is 57.3 Å². The summed E-state index contributed by atoms with van der Waals surface area (Å²) in [6, 6.07) is 6.99. The molecule has 2 saturated carbocycles. The summed E-state index contributed by atoms with van der Waals surface area (Å²) in [5, 5.41) is 8.89. The first-order chi connectivity index (χ1) is 12.7. The summed E-state index contributed by atoms with van der Waals surface area (Å²) in [4.78, 5) is 0. The van der Waals surface area contributed by atoms with E-state index in [0.717, 1.165) is 42.8 Å². The van der Waals surface area contributed by atoms with Crippen molar-refractivity contribution in [1.29, 1.82) is 5.26 Å². The Kier molecular flexibility index (Phi) is 6.86. The van der Waals surface area contributed by atoms with E-state index in [1.807, 2.05) is 12.1 Å². The molecule has 26 heavy (non-hydrogen) atoms. The molecule has 0 bridgehead atoms. The van der Waals surface area contributed by atoms with E-state index in [9.17, 15) is 4.39 Å². The number of nitrogens with zero attached hydrogens (tertiary/aromatic N) is 1. The van der Waals surface area contributed by atoms with E-state index >= 15 is 0 Å². The fraction of sp³-hybridized carbons (Fsp3) is 0.609. The zero-order valence-electron chi connectivity index (χ0n) is 15.8. The average Bonchev–Trinajstić information content (AvgIpc) is 2.69. The van der Waals surface area contributed by atoms with Gasteiger partial charge < -0.3 is 4.74 Å². The Hall–Kier alpha value is -1.66. The molecule has 2 fully saturated rings. The van der Waals surface area contributed by atoms with Crippen LogP contribution in [0, 0.1) is 34.9 Å². The molecule has 3 rings (SSSR count). The lowest BCUT2D eigenvalue weighted by molar-refractivity contribution is 0.170. The van der Waals surface area contributed by atoms with E-state index in [1.165, 1.54) is 44.6 Å². The van der Waals surface area contributed by atoms with Gasteiger partial charge in [-0.3, -0.25) is 0 Å². The van der Waals surface area contributed by atoms with Gasteiger partial charge in [0.15, 0.2) is 0 Å². The van der Waals surface area contributed by atoms with Crippen LogP contribution in [0.15, 0.2) is 30.4 Å². The van der Waals surface area contributed by atoms with Gasteiger partial charge in [0.1, 0.15) is 5.82 Å². The van der Waals surface area contributed by atoms with Gasteiger partial charge in [-0.2, -0.15) is 5.26 Å². The molecule has 0 spiro atoms. The first-order valence-corrected chi connectivity index (χ1v) is 10.1. The number of nitriles is 1. The fourth-order valence-corrected chi connectivity index (χ4v) is 4.98. The normalized spacial score (nSPS) is 29.6. The fourth-order valence-electron chi connectivity index (χ4n) is 4.98. The lowest BCUT2D eigenvalue weighted by Crippen LogP contribution is -2.25. The molecule has 0 amide bonds. The quantitative estimate of drug-likeness (QED) is 0.609. The molecule has 2 nitrogen and oxygen atoms in total. The minimum Gasteiger partial charge on any atom is -0.381 e. The Morgan fingerprint density at radius 2 is 1.73 bits per heavy atom. The van der Waals surface area contributed by atoms with Crippen LogP contribution >= 0.6 is 0 Å². The van der Waals surface area contributed by atoms with Crippen LogP contribution in [-0.2, 0) is 4.74 Å². The number of hydrogen-bond acceptors (Lipinski definition) is 2. The molecule has 3 heteroatoms. The predicted octanol–water partition coefficient (Wildman–Crippen LogP) is 5.98. The van der Waals surface area contributed by atoms with E-state index in [4.69, 9.17) is 10.00 Å². The summed E-state index contributed by atoms with van der Waals surface area (Å²) in [5.74, 6) is 2.53. The maximum absolute atomic E-state index is 14.3. The molecule has 0 saturated heterocycles. The van der Waals surface area contributed by atoms with Crippen LogP contribution in [0.1, 0.15) is 68.4 Å². The topological polar surface area (TPSA) is 33.0 Å². The van der Waals surface area contributed by atoms with Crippen LogP contribution in [0.3, 0.4) is 0 Å². The van der Waals surface area contributed by atoms with Gasteiger partial charge >= 0.3 is 0 Å². The van der Waals surface area contributed by atoms with Crippen molar-refractivity contribution in [1.82, 2.24) is 0 Å². The second-order valence-corrected chi connectivity index (χ2v) is 8.02. The maximum atomic E-state index is 14.3. The Labute approximate surface area is 157 Å². The van der Waals surface area contributed by atoms with Gasteiger partial charge in [0.2, 0.25) is 0 Å². The van der Waals surface area contributed by atoms with Crippen molar-refractivity contribution < 1.29 is 9.13 Å². The average molecular weight is 355 g/mol. The molecule has 2 aliphatic carbocycles. The highest BCUT2D eigenvalue weighted by atomic mass is 19.1. The maximum Gasteiger partial charge on any atom is 0.127 e. The molecule has 0 atom stereocenters. The summed E-state index contributed by atoms with van der Waals surface area (Å²) in [6.07, 6.45) is 14.4. The van der Waals surface area contributed by atoms with Gasteiger partial charge in [-0.05, 0) is 92.7 Å². The lowest BCUT2D eigenvalue weighted by Gasteiger charge is -2.37. The van der Waals surface area contributed by atoms with Gasteiger partial charge in [-0.25, -0.2) is 4.39 Å². The lowest BCUT2D eigenvalue weighted by atomic mass is 9.68. The third kappa shape index (κ3) is 4.74. The van der Waals surface area contributed by atoms with Gasteiger partial charge in [0, 0.05) is 7.11 Å². The Morgan fingerprint density at radius 1 is 1.08 bits per heavy atom. The molecule has 2 aliphatic rings. The highest BCUT2D eigenvalue weighted by molar-refractivity contribution is 5.34. The first-order valence-electron chi connectivity index (χ1n) is 10.1. The number of rotatable bonds is 5. The Bertz CT molecular complexity index is 647.